The number of hydrogen-bond donors (Lipinski definition) is 0. The Morgan fingerprint density at radius 1 is 0.608 bits per heavy atom. The fourth-order valence-corrected chi connectivity index (χ4v) is 5.13. The Labute approximate surface area is 290 Å². The predicted molar refractivity (Wildman–Crippen MR) is 175 cm³/mol. The van der Waals surface area contributed by atoms with Gasteiger partial charge in [0, 0.05) is 12.1 Å². The van der Waals surface area contributed by atoms with Gasteiger partial charge in [-0.15, -0.1) is 0 Å². The fraction of sp³-hybridized carbons (Fsp3) is 0.222. The van der Waals surface area contributed by atoms with E-state index < -0.39 is 60.0 Å². The highest BCUT2D eigenvalue weighted by molar-refractivity contribution is 5.94. The zero-order chi connectivity index (χ0) is 36.5. The molecule has 5 rings (SSSR count). The summed E-state index contributed by atoms with van der Waals surface area (Å²) in [4.78, 5) is 64.1. The van der Waals surface area contributed by atoms with Gasteiger partial charge in [0.1, 0.15) is 46.6 Å². The van der Waals surface area contributed by atoms with Crippen LogP contribution in [0.4, 0.5) is 5.69 Å². The van der Waals surface area contributed by atoms with Gasteiger partial charge in [-0.25, -0.2) is 19.2 Å². The number of benzene rings is 4. The predicted octanol–water partition coefficient (Wildman–Crippen LogP) is 4.81. The molecule has 4 aromatic carbocycles. The average Bonchev–Trinajstić information content (AvgIpc) is 3.47. The molecular weight excluding hydrogens is 670 g/mol. The molecule has 15 nitrogen and oxygen atoms in total. The summed E-state index contributed by atoms with van der Waals surface area (Å²) in [6.45, 7) is -0.574. The summed E-state index contributed by atoms with van der Waals surface area (Å²) < 4.78 is 44.7. The Morgan fingerprint density at radius 2 is 1.06 bits per heavy atom. The van der Waals surface area contributed by atoms with Crippen LogP contribution in [0.1, 0.15) is 41.4 Å². The molecule has 0 aromatic heterocycles. The third-order valence-electron chi connectivity index (χ3n) is 7.65. The molecule has 15 heteroatoms. The van der Waals surface area contributed by atoms with Crippen molar-refractivity contribution in [3.63, 3.8) is 0 Å². The van der Waals surface area contributed by atoms with Crippen LogP contribution < -0.4 is 14.2 Å². The molecule has 1 fully saturated rings. The number of rotatable bonds is 13. The topological polar surface area (TPSA) is 185 Å². The second kappa shape index (κ2) is 16.3. The van der Waals surface area contributed by atoms with E-state index in [9.17, 15) is 29.3 Å². The summed E-state index contributed by atoms with van der Waals surface area (Å²) >= 11 is 0. The maximum atomic E-state index is 13.6. The monoisotopic (exact) mass is 701 g/mol. The highest BCUT2D eigenvalue weighted by Crippen LogP contribution is 2.33. The van der Waals surface area contributed by atoms with Crippen molar-refractivity contribution < 1.29 is 62.0 Å². The Morgan fingerprint density at radius 3 is 1.55 bits per heavy atom. The second-order valence-corrected chi connectivity index (χ2v) is 10.7. The van der Waals surface area contributed by atoms with Crippen LogP contribution in [0.25, 0.3) is 0 Å². The number of para-hydroxylation sites is 3. The standard InChI is InChI=1S/C36H31NO14/c1-44-26-13-7-4-10-23(26)33(39)47-20-29-30(49-34(40)24-11-5-8-14-27(24)45-2)31(50-32(38)21-16-18-22(19-17-21)37(42)43)36(48-29)51-35(41)25-12-6-9-15-28(25)46-3/h4-19,29-31,36H,20H2,1-3H3/t29-,30-,31-,36+/m1/s1. The first-order valence-corrected chi connectivity index (χ1v) is 15.2. The third kappa shape index (κ3) is 8.22. The molecule has 0 bridgehead atoms. The maximum absolute atomic E-state index is 13.6. The molecule has 0 radical (unpaired) electrons. The minimum Gasteiger partial charge on any atom is -0.496 e. The van der Waals surface area contributed by atoms with Crippen LogP contribution in [-0.2, 0) is 23.7 Å². The number of methoxy groups -OCH3 is 3. The molecule has 264 valence electrons. The fourth-order valence-electron chi connectivity index (χ4n) is 5.13. The van der Waals surface area contributed by atoms with E-state index in [1.165, 1.54) is 51.7 Å². The number of hydrogen-bond acceptors (Lipinski definition) is 14. The number of esters is 4. The van der Waals surface area contributed by atoms with E-state index in [4.69, 9.17) is 37.9 Å². The summed E-state index contributed by atoms with van der Waals surface area (Å²) in [7, 11) is 4.09. The number of carbonyl (C=O) groups excluding carboxylic acids is 4. The van der Waals surface area contributed by atoms with Crippen molar-refractivity contribution in [1.29, 1.82) is 0 Å². The molecule has 51 heavy (non-hydrogen) atoms. The van der Waals surface area contributed by atoms with Crippen LogP contribution in [0, 0.1) is 10.1 Å². The van der Waals surface area contributed by atoms with Crippen molar-refractivity contribution in [2.75, 3.05) is 27.9 Å². The lowest BCUT2D eigenvalue weighted by molar-refractivity contribution is -0.384. The summed E-state index contributed by atoms with van der Waals surface area (Å²) in [5.41, 5.74) is -0.311. The van der Waals surface area contributed by atoms with E-state index in [-0.39, 0.29) is 45.2 Å². The molecule has 0 amide bonds. The molecule has 0 N–H and O–H groups in total. The van der Waals surface area contributed by atoms with Crippen molar-refractivity contribution >= 4 is 29.6 Å². The molecule has 0 unspecified atom stereocenters. The van der Waals surface area contributed by atoms with Crippen LogP contribution >= 0.6 is 0 Å². The Hall–Kier alpha value is -6.48. The van der Waals surface area contributed by atoms with E-state index in [2.05, 4.69) is 0 Å². The van der Waals surface area contributed by atoms with Gasteiger partial charge in [-0.05, 0) is 48.5 Å². The molecule has 0 aliphatic carbocycles. The summed E-state index contributed by atoms with van der Waals surface area (Å²) in [6.07, 6.45) is -6.30. The van der Waals surface area contributed by atoms with Gasteiger partial charge in [-0.2, -0.15) is 0 Å². The normalized spacial score (nSPS) is 17.8. The van der Waals surface area contributed by atoms with Gasteiger partial charge in [-0.3, -0.25) is 10.1 Å². The van der Waals surface area contributed by atoms with Gasteiger partial charge in [0.25, 0.3) is 5.69 Å². The highest BCUT2D eigenvalue weighted by Gasteiger charge is 2.53. The summed E-state index contributed by atoms with van der Waals surface area (Å²) in [5, 5.41) is 11.2. The van der Waals surface area contributed by atoms with Crippen molar-refractivity contribution in [3.8, 4) is 17.2 Å². The van der Waals surface area contributed by atoms with E-state index in [0.29, 0.717) is 0 Å². The zero-order valence-corrected chi connectivity index (χ0v) is 27.4. The van der Waals surface area contributed by atoms with Crippen LogP contribution in [-0.4, -0.2) is 81.3 Å². The highest BCUT2D eigenvalue weighted by atomic mass is 16.8. The molecule has 1 aliphatic rings. The smallest absolute Gasteiger partial charge is 0.344 e. The lowest BCUT2D eigenvalue weighted by Crippen LogP contribution is -2.43. The number of carbonyl (C=O) groups is 4. The van der Waals surface area contributed by atoms with Crippen LogP contribution in [0.2, 0.25) is 0 Å². The largest absolute Gasteiger partial charge is 0.496 e. The Balaban J connectivity index is 1.50. The number of nitro benzene ring substituents is 1. The average molecular weight is 702 g/mol. The first-order chi connectivity index (χ1) is 24.6. The van der Waals surface area contributed by atoms with Gasteiger partial charge in [0.15, 0.2) is 6.10 Å². The van der Waals surface area contributed by atoms with Gasteiger partial charge < -0.3 is 37.9 Å². The number of nitrogens with zero attached hydrogens (tertiary/aromatic N) is 1. The van der Waals surface area contributed by atoms with Crippen molar-refractivity contribution in [2.24, 2.45) is 0 Å². The van der Waals surface area contributed by atoms with Crippen molar-refractivity contribution in [2.45, 2.75) is 24.6 Å². The minimum absolute atomic E-state index is 0.000297. The number of non-ortho nitro benzene ring substituents is 1. The number of ether oxygens (including phenoxy) is 8. The molecule has 1 aliphatic heterocycles. The lowest BCUT2D eigenvalue weighted by Gasteiger charge is -2.24. The molecule has 0 saturated carbocycles. The molecular formula is C36H31NO14. The maximum Gasteiger partial charge on any atom is 0.344 e. The van der Waals surface area contributed by atoms with Crippen molar-refractivity contribution in [3.05, 3.63) is 129 Å². The zero-order valence-electron chi connectivity index (χ0n) is 27.4. The van der Waals surface area contributed by atoms with Crippen LogP contribution in [0.5, 0.6) is 17.2 Å². The molecule has 4 atom stereocenters. The molecule has 1 heterocycles. The van der Waals surface area contributed by atoms with Gasteiger partial charge in [-0.1, -0.05) is 36.4 Å². The van der Waals surface area contributed by atoms with Crippen LogP contribution in [0.3, 0.4) is 0 Å². The SMILES string of the molecule is COc1ccccc1C(=O)OC[C@H]1O[C@@H](OC(=O)c2ccccc2OC)[C@H](OC(=O)c2ccc([N+](=O)[O-])cc2)[C@@H]1OC(=O)c1ccccc1OC. The summed E-state index contributed by atoms with van der Waals surface area (Å²) in [6, 6.07) is 23.1. The van der Waals surface area contributed by atoms with Gasteiger partial charge >= 0.3 is 23.9 Å². The van der Waals surface area contributed by atoms with Gasteiger partial charge in [0.2, 0.25) is 12.4 Å². The molecule has 4 aromatic rings. The first-order valence-electron chi connectivity index (χ1n) is 15.2. The van der Waals surface area contributed by atoms with Gasteiger partial charge in [0.05, 0.1) is 31.8 Å². The molecule has 1 saturated heterocycles. The molecule has 0 spiro atoms. The Bertz CT molecular complexity index is 1910. The second-order valence-electron chi connectivity index (χ2n) is 10.7. The van der Waals surface area contributed by atoms with E-state index in [1.54, 1.807) is 42.5 Å². The third-order valence-corrected chi connectivity index (χ3v) is 7.65. The Kier molecular flexibility index (Phi) is 11.4. The van der Waals surface area contributed by atoms with E-state index in [1.807, 2.05) is 0 Å². The summed E-state index contributed by atoms with van der Waals surface area (Å²) in [5.74, 6) is -3.17. The minimum atomic E-state index is -1.73. The lowest BCUT2D eigenvalue weighted by atomic mass is 10.1. The van der Waals surface area contributed by atoms with Crippen LogP contribution in [0.15, 0.2) is 97.1 Å². The van der Waals surface area contributed by atoms with E-state index >= 15 is 0 Å². The first kappa shape index (κ1) is 35.8. The number of nitro groups is 1. The van der Waals surface area contributed by atoms with Crippen molar-refractivity contribution in [1.82, 2.24) is 0 Å². The van der Waals surface area contributed by atoms with E-state index in [0.717, 1.165) is 24.3 Å². The quantitative estimate of drug-likeness (QED) is 0.0800.